The molecule has 1 heterocycles. The van der Waals surface area contributed by atoms with Crippen molar-refractivity contribution in [1.29, 1.82) is 0 Å². The van der Waals surface area contributed by atoms with Gasteiger partial charge >= 0.3 is 0 Å². The Balaban J connectivity index is 1.59. The lowest BCUT2D eigenvalue weighted by Crippen LogP contribution is -2.30. The first-order valence-electron chi connectivity index (χ1n) is 9.42. The third kappa shape index (κ3) is 4.06. The number of rotatable bonds is 5. The number of hydrogen-bond donors (Lipinski definition) is 2. The van der Waals surface area contributed by atoms with Gasteiger partial charge in [-0.2, -0.15) is 0 Å². The normalized spacial score (nSPS) is 14.4. The van der Waals surface area contributed by atoms with E-state index in [1.54, 1.807) is 29.5 Å². The number of carbonyl (C=O) groups excluding carboxylic acids is 1. The molecule has 0 radical (unpaired) electrons. The molecule has 1 aliphatic rings. The molecule has 0 bridgehead atoms. The first kappa shape index (κ1) is 17.8. The van der Waals surface area contributed by atoms with Gasteiger partial charge in [-0.05, 0) is 59.9 Å². The average molecular weight is 378 g/mol. The van der Waals surface area contributed by atoms with Crippen molar-refractivity contribution in [1.82, 2.24) is 5.32 Å². The number of phenolic OH excluding ortho intramolecular Hbond substituents is 1. The van der Waals surface area contributed by atoms with Gasteiger partial charge in [-0.1, -0.05) is 42.5 Å². The fourth-order valence-electron chi connectivity index (χ4n) is 3.75. The molecule has 1 aliphatic carbocycles. The quantitative estimate of drug-likeness (QED) is 0.672. The smallest absolute Gasteiger partial charge is 0.225 e. The van der Waals surface area contributed by atoms with Crippen molar-refractivity contribution in [3.05, 3.63) is 87.1 Å². The zero-order valence-electron chi connectivity index (χ0n) is 15.2. The molecule has 1 aromatic heterocycles. The molecule has 1 amide bonds. The molecule has 0 spiro atoms. The van der Waals surface area contributed by atoms with Crippen LogP contribution in [0.25, 0.3) is 0 Å². The Kier molecular flexibility index (Phi) is 5.26. The Morgan fingerprint density at radius 1 is 1.04 bits per heavy atom. The Bertz CT molecular complexity index is 933. The lowest BCUT2D eigenvalue weighted by molar-refractivity contribution is -0.120. The minimum absolute atomic E-state index is 0.0902. The molecule has 0 saturated carbocycles. The number of amides is 1. The van der Waals surface area contributed by atoms with Crippen LogP contribution < -0.4 is 5.32 Å². The van der Waals surface area contributed by atoms with Crippen LogP contribution in [-0.4, -0.2) is 11.0 Å². The van der Waals surface area contributed by atoms with Crippen molar-refractivity contribution in [3.8, 4) is 5.75 Å². The molecule has 1 unspecified atom stereocenters. The van der Waals surface area contributed by atoms with Crippen molar-refractivity contribution in [2.24, 2.45) is 0 Å². The Hall–Kier alpha value is -2.59. The predicted molar refractivity (Wildman–Crippen MR) is 109 cm³/mol. The number of carbonyl (C=O) groups is 1. The maximum Gasteiger partial charge on any atom is 0.225 e. The number of phenols is 1. The molecule has 0 aliphatic heterocycles. The van der Waals surface area contributed by atoms with E-state index in [9.17, 15) is 9.90 Å². The number of thiophene rings is 1. The van der Waals surface area contributed by atoms with E-state index in [2.05, 4.69) is 29.6 Å². The van der Waals surface area contributed by atoms with Gasteiger partial charge in [-0.3, -0.25) is 4.79 Å². The number of benzene rings is 2. The summed E-state index contributed by atoms with van der Waals surface area (Å²) < 4.78 is 0. The third-order valence-corrected chi connectivity index (χ3v) is 6.12. The number of para-hydroxylation sites is 1. The van der Waals surface area contributed by atoms with E-state index in [0.29, 0.717) is 5.56 Å². The zero-order chi connectivity index (χ0) is 18.6. The van der Waals surface area contributed by atoms with Crippen LogP contribution in [0.15, 0.2) is 60.0 Å². The molecule has 3 aromatic rings. The summed E-state index contributed by atoms with van der Waals surface area (Å²) in [6.45, 7) is 0. The minimum atomic E-state index is -0.157. The summed E-state index contributed by atoms with van der Waals surface area (Å²) in [5.74, 6) is 0.0710. The van der Waals surface area contributed by atoms with Gasteiger partial charge in [0.05, 0.1) is 12.5 Å². The highest BCUT2D eigenvalue weighted by Crippen LogP contribution is 2.30. The van der Waals surface area contributed by atoms with Gasteiger partial charge in [0.1, 0.15) is 5.75 Å². The first-order chi connectivity index (χ1) is 13.2. The highest BCUT2D eigenvalue weighted by molar-refractivity contribution is 7.10. The monoisotopic (exact) mass is 377 g/mol. The van der Waals surface area contributed by atoms with E-state index in [0.717, 1.165) is 23.3 Å². The SMILES string of the molecule is O=C(Cc1ccccc1O)NC(c1ccc2c(c1)CCCC2)c1cccs1. The maximum absolute atomic E-state index is 12.7. The van der Waals surface area contributed by atoms with Crippen molar-refractivity contribution >= 4 is 17.2 Å². The van der Waals surface area contributed by atoms with Crippen molar-refractivity contribution in [2.75, 3.05) is 0 Å². The molecular weight excluding hydrogens is 354 g/mol. The highest BCUT2D eigenvalue weighted by atomic mass is 32.1. The summed E-state index contributed by atoms with van der Waals surface area (Å²) in [5, 5.41) is 15.2. The Labute approximate surface area is 163 Å². The second-order valence-corrected chi connectivity index (χ2v) is 8.04. The van der Waals surface area contributed by atoms with E-state index < -0.39 is 0 Å². The summed E-state index contributed by atoms with van der Waals surface area (Å²) in [7, 11) is 0. The number of aryl methyl sites for hydroxylation is 2. The Morgan fingerprint density at radius 2 is 1.85 bits per heavy atom. The molecule has 0 fully saturated rings. The average Bonchev–Trinajstić information content (AvgIpc) is 3.22. The fraction of sp³-hybridized carbons (Fsp3) is 0.261. The standard InChI is InChI=1S/C23H23NO2S/c25-20-9-4-3-8-18(20)15-22(26)24-23(21-10-5-13-27-21)19-12-11-16-6-1-2-7-17(16)14-19/h3-5,8-14,23,25H,1-2,6-7,15H2,(H,24,26). The van der Waals surface area contributed by atoms with E-state index in [-0.39, 0.29) is 24.1 Å². The molecule has 4 heteroatoms. The number of hydrogen-bond acceptors (Lipinski definition) is 3. The summed E-state index contributed by atoms with van der Waals surface area (Å²) in [5.41, 5.74) is 4.62. The van der Waals surface area contributed by atoms with Crippen LogP contribution in [0.1, 0.15) is 46.0 Å². The molecule has 2 aromatic carbocycles. The van der Waals surface area contributed by atoms with Gasteiger partial charge in [0.2, 0.25) is 5.91 Å². The topological polar surface area (TPSA) is 49.3 Å². The van der Waals surface area contributed by atoms with Gasteiger partial charge in [0.15, 0.2) is 0 Å². The molecule has 0 saturated heterocycles. The molecule has 3 nitrogen and oxygen atoms in total. The van der Waals surface area contributed by atoms with Gasteiger partial charge < -0.3 is 10.4 Å². The summed E-state index contributed by atoms with van der Waals surface area (Å²) in [6.07, 6.45) is 4.93. The van der Waals surface area contributed by atoms with E-state index in [4.69, 9.17) is 0 Å². The largest absolute Gasteiger partial charge is 0.508 e. The lowest BCUT2D eigenvalue weighted by atomic mass is 9.89. The van der Waals surface area contributed by atoms with Gasteiger partial charge in [0, 0.05) is 10.4 Å². The van der Waals surface area contributed by atoms with Crippen molar-refractivity contribution in [2.45, 2.75) is 38.1 Å². The van der Waals surface area contributed by atoms with Crippen LogP contribution in [0, 0.1) is 0 Å². The molecule has 1 atom stereocenters. The molecule has 138 valence electrons. The molecule has 2 N–H and O–H groups in total. The van der Waals surface area contributed by atoms with Crippen molar-refractivity contribution < 1.29 is 9.90 Å². The van der Waals surface area contributed by atoms with Crippen LogP contribution >= 0.6 is 11.3 Å². The van der Waals surface area contributed by atoms with Crippen LogP contribution in [0.4, 0.5) is 0 Å². The Morgan fingerprint density at radius 3 is 2.63 bits per heavy atom. The summed E-state index contributed by atoms with van der Waals surface area (Å²) in [6, 6.07) is 17.6. The highest BCUT2D eigenvalue weighted by Gasteiger charge is 2.20. The molecular formula is C23H23NO2S. The van der Waals surface area contributed by atoms with Crippen LogP contribution in [-0.2, 0) is 24.1 Å². The zero-order valence-corrected chi connectivity index (χ0v) is 16.0. The lowest BCUT2D eigenvalue weighted by Gasteiger charge is -2.22. The van der Waals surface area contributed by atoms with Crippen LogP contribution in [0.2, 0.25) is 0 Å². The van der Waals surface area contributed by atoms with Gasteiger partial charge in [-0.25, -0.2) is 0 Å². The first-order valence-corrected chi connectivity index (χ1v) is 10.3. The summed E-state index contributed by atoms with van der Waals surface area (Å²) in [4.78, 5) is 13.8. The predicted octanol–water partition coefficient (Wildman–Crippen LogP) is 4.78. The maximum atomic E-state index is 12.7. The van der Waals surface area contributed by atoms with Crippen LogP contribution in [0.3, 0.4) is 0 Å². The second kappa shape index (κ2) is 7.97. The van der Waals surface area contributed by atoms with Gasteiger partial charge in [-0.15, -0.1) is 11.3 Å². The molecule has 4 rings (SSSR count). The van der Waals surface area contributed by atoms with E-state index in [1.807, 2.05) is 17.5 Å². The second-order valence-electron chi connectivity index (χ2n) is 7.06. The molecule has 27 heavy (non-hydrogen) atoms. The number of nitrogens with one attached hydrogen (secondary N) is 1. The number of aromatic hydroxyl groups is 1. The van der Waals surface area contributed by atoms with E-state index in [1.165, 1.54) is 24.0 Å². The minimum Gasteiger partial charge on any atom is -0.508 e. The van der Waals surface area contributed by atoms with Crippen molar-refractivity contribution in [3.63, 3.8) is 0 Å². The summed E-state index contributed by atoms with van der Waals surface area (Å²) >= 11 is 1.65. The van der Waals surface area contributed by atoms with Gasteiger partial charge in [0.25, 0.3) is 0 Å². The van der Waals surface area contributed by atoms with E-state index >= 15 is 0 Å². The van der Waals surface area contributed by atoms with Crippen LogP contribution in [0.5, 0.6) is 5.75 Å². The third-order valence-electron chi connectivity index (χ3n) is 5.18. The fourth-order valence-corrected chi connectivity index (χ4v) is 4.55. The number of fused-ring (bicyclic) bond motifs is 1.